The number of nitrogens with two attached hydrogens (primary N) is 1. The van der Waals surface area contributed by atoms with E-state index in [1.807, 2.05) is 6.07 Å². The smallest absolute Gasteiger partial charge is 0.131 e. The minimum Gasteiger partial charge on any atom is -0.326 e. The van der Waals surface area contributed by atoms with E-state index in [1.165, 1.54) is 18.1 Å². The number of benzene rings is 1. The maximum absolute atomic E-state index is 13.8. The molecule has 0 aliphatic rings. The average Bonchev–Trinajstić information content (AvgIpc) is 2.39. The van der Waals surface area contributed by atoms with Gasteiger partial charge in [-0.3, -0.25) is 0 Å². The minimum atomic E-state index is -0.212. The first-order valence-electron chi connectivity index (χ1n) is 5.16. The van der Waals surface area contributed by atoms with Gasteiger partial charge in [-0.25, -0.2) is 14.4 Å². The molecule has 0 radical (unpaired) electrons. The number of hydrogen-bond acceptors (Lipinski definition) is 4. The summed E-state index contributed by atoms with van der Waals surface area (Å²) in [6.07, 6.45) is 3.15. The summed E-state index contributed by atoms with van der Waals surface area (Å²) in [5, 5.41) is 0.831. The number of hydrogen-bond donors (Lipinski definition) is 1. The van der Waals surface area contributed by atoms with E-state index in [0.717, 1.165) is 5.03 Å². The lowest BCUT2D eigenvalue weighted by atomic mass is 10.1. The van der Waals surface area contributed by atoms with Gasteiger partial charge in [0.1, 0.15) is 12.1 Å². The van der Waals surface area contributed by atoms with Crippen molar-refractivity contribution in [2.75, 3.05) is 0 Å². The Balaban J connectivity index is 2.09. The first-order valence-corrected chi connectivity index (χ1v) is 6.15. The van der Waals surface area contributed by atoms with Crippen molar-refractivity contribution in [3.8, 4) is 0 Å². The van der Waals surface area contributed by atoms with Crippen molar-refractivity contribution in [2.24, 2.45) is 5.73 Å². The molecule has 0 atom stereocenters. The zero-order valence-electron chi connectivity index (χ0n) is 9.14. The van der Waals surface area contributed by atoms with Gasteiger partial charge in [-0.1, -0.05) is 18.2 Å². The van der Waals surface area contributed by atoms with Crippen molar-refractivity contribution in [2.45, 2.75) is 17.3 Å². The SMILES string of the molecule is NCc1cccc(CSc2ccncn2)c1F. The predicted octanol–water partition coefficient (Wildman–Crippen LogP) is 2.37. The maximum atomic E-state index is 13.8. The van der Waals surface area contributed by atoms with Gasteiger partial charge in [0.15, 0.2) is 0 Å². The third-order valence-corrected chi connectivity index (χ3v) is 3.30. The summed E-state index contributed by atoms with van der Waals surface area (Å²) in [6.45, 7) is 0.220. The second-order valence-electron chi connectivity index (χ2n) is 3.43. The average molecular weight is 249 g/mol. The van der Waals surface area contributed by atoms with Gasteiger partial charge in [0, 0.05) is 24.1 Å². The summed E-state index contributed by atoms with van der Waals surface area (Å²) in [4.78, 5) is 7.90. The van der Waals surface area contributed by atoms with E-state index in [1.54, 1.807) is 24.4 Å². The maximum Gasteiger partial charge on any atom is 0.131 e. The van der Waals surface area contributed by atoms with Gasteiger partial charge in [0.05, 0.1) is 5.03 Å². The molecule has 3 nitrogen and oxygen atoms in total. The van der Waals surface area contributed by atoms with Crippen molar-refractivity contribution >= 4 is 11.8 Å². The molecule has 0 aliphatic heterocycles. The second-order valence-corrected chi connectivity index (χ2v) is 4.43. The van der Waals surface area contributed by atoms with Crippen LogP contribution in [0.1, 0.15) is 11.1 Å². The highest BCUT2D eigenvalue weighted by Gasteiger charge is 2.07. The van der Waals surface area contributed by atoms with Crippen LogP contribution in [0.4, 0.5) is 4.39 Å². The minimum absolute atomic E-state index is 0.212. The summed E-state index contributed by atoms with van der Waals surface area (Å²) < 4.78 is 13.8. The van der Waals surface area contributed by atoms with Gasteiger partial charge in [-0.15, -0.1) is 11.8 Å². The van der Waals surface area contributed by atoms with Gasteiger partial charge in [0.25, 0.3) is 0 Å². The van der Waals surface area contributed by atoms with Crippen LogP contribution >= 0.6 is 11.8 Å². The third kappa shape index (κ3) is 3.01. The fraction of sp³-hybridized carbons (Fsp3) is 0.167. The molecule has 17 heavy (non-hydrogen) atoms. The highest BCUT2D eigenvalue weighted by molar-refractivity contribution is 7.98. The Morgan fingerprint density at radius 1 is 1.24 bits per heavy atom. The molecular weight excluding hydrogens is 237 g/mol. The lowest BCUT2D eigenvalue weighted by Crippen LogP contribution is -2.02. The molecule has 0 unspecified atom stereocenters. The van der Waals surface area contributed by atoms with Gasteiger partial charge in [-0.05, 0) is 11.6 Å². The molecule has 0 bridgehead atoms. The molecule has 2 N–H and O–H groups in total. The van der Waals surface area contributed by atoms with E-state index in [-0.39, 0.29) is 12.4 Å². The molecule has 2 aromatic rings. The zero-order valence-corrected chi connectivity index (χ0v) is 9.95. The molecule has 1 heterocycles. The molecule has 0 aliphatic carbocycles. The fourth-order valence-electron chi connectivity index (χ4n) is 1.42. The van der Waals surface area contributed by atoms with E-state index in [2.05, 4.69) is 9.97 Å². The van der Waals surface area contributed by atoms with E-state index >= 15 is 0 Å². The highest BCUT2D eigenvalue weighted by Crippen LogP contribution is 2.23. The number of nitrogens with zero attached hydrogens (tertiary/aromatic N) is 2. The van der Waals surface area contributed by atoms with Crippen LogP contribution in [0.3, 0.4) is 0 Å². The number of rotatable bonds is 4. The zero-order chi connectivity index (χ0) is 12.1. The highest BCUT2D eigenvalue weighted by atomic mass is 32.2. The Morgan fingerprint density at radius 2 is 2.06 bits per heavy atom. The van der Waals surface area contributed by atoms with Crippen molar-refractivity contribution in [1.82, 2.24) is 9.97 Å². The topological polar surface area (TPSA) is 51.8 Å². The lowest BCUT2D eigenvalue weighted by Gasteiger charge is -2.06. The Hall–Kier alpha value is -1.46. The van der Waals surface area contributed by atoms with E-state index in [9.17, 15) is 4.39 Å². The second kappa shape index (κ2) is 5.75. The van der Waals surface area contributed by atoms with E-state index < -0.39 is 0 Å². The standard InChI is InChI=1S/C12H12FN3S/c13-12-9(6-14)2-1-3-10(12)7-17-11-4-5-15-8-16-11/h1-5,8H,6-7,14H2. The summed E-state index contributed by atoms with van der Waals surface area (Å²) in [5.74, 6) is 0.327. The molecule has 1 aromatic carbocycles. The third-order valence-electron chi connectivity index (χ3n) is 2.31. The number of aromatic nitrogens is 2. The molecule has 0 saturated heterocycles. The van der Waals surface area contributed by atoms with Crippen molar-refractivity contribution in [3.05, 3.63) is 53.7 Å². The molecule has 0 amide bonds. The van der Waals surface area contributed by atoms with Crippen LogP contribution in [-0.4, -0.2) is 9.97 Å². The number of halogens is 1. The van der Waals surface area contributed by atoms with Crippen LogP contribution in [0.15, 0.2) is 41.8 Å². The summed E-state index contributed by atoms with van der Waals surface area (Å²) in [5.41, 5.74) is 6.66. The molecule has 88 valence electrons. The Morgan fingerprint density at radius 3 is 2.76 bits per heavy atom. The van der Waals surface area contributed by atoms with E-state index in [0.29, 0.717) is 16.9 Å². The molecule has 0 fully saturated rings. The molecule has 1 aromatic heterocycles. The Kier molecular flexibility index (Phi) is 4.06. The Labute approximate surface area is 103 Å². The summed E-state index contributed by atoms with van der Waals surface area (Å²) >= 11 is 1.47. The van der Waals surface area contributed by atoms with Crippen LogP contribution in [0.2, 0.25) is 0 Å². The largest absolute Gasteiger partial charge is 0.326 e. The summed E-state index contributed by atoms with van der Waals surface area (Å²) in [7, 11) is 0. The predicted molar refractivity (Wildman–Crippen MR) is 65.9 cm³/mol. The summed E-state index contributed by atoms with van der Waals surface area (Å²) in [6, 6.07) is 7.09. The number of thioether (sulfide) groups is 1. The van der Waals surface area contributed by atoms with Gasteiger partial charge in [-0.2, -0.15) is 0 Å². The van der Waals surface area contributed by atoms with Crippen LogP contribution in [-0.2, 0) is 12.3 Å². The van der Waals surface area contributed by atoms with Gasteiger partial charge in [0.2, 0.25) is 0 Å². The van der Waals surface area contributed by atoms with Gasteiger partial charge >= 0.3 is 0 Å². The first kappa shape index (κ1) is 12.0. The van der Waals surface area contributed by atoms with Gasteiger partial charge < -0.3 is 5.73 Å². The fourth-order valence-corrected chi connectivity index (χ4v) is 2.22. The quantitative estimate of drug-likeness (QED) is 0.667. The normalized spacial score (nSPS) is 10.5. The lowest BCUT2D eigenvalue weighted by molar-refractivity contribution is 0.600. The van der Waals surface area contributed by atoms with Crippen LogP contribution in [0.5, 0.6) is 0 Å². The van der Waals surface area contributed by atoms with E-state index in [4.69, 9.17) is 5.73 Å². The Bertz CT molecular complexity index is 490. The van der Waals surface area contributed by atoms with Crippen LogP contribution < -0.4 is 5.73 Å². The molecular formula is C12H12FN3S. The van der Waals surface area contributed by atoms with Crippen molar-refractivity contribution in [1.29, 1.82) is 0 Å². The van der Waals surface area contributed by atoms with Crippen molar-refractivity contribution < 1.29 is 4.39 Å². The van der Waals surface area contributed by atoms with Crippen LogP contribution in [0, 0.1) is 5.82 Å². The molecule has 2 rings (SSSR count). The molecule has 0 saturated carbocycles. The van der Waals surface area contributed by atoms with Crippen LogP contribution in [0.25, 0.3) is 0 Å². The molecule has 5 heteroatoms. The van der Waals surface area contributed by atoms with Crippen molar-refractivity contribution in [3.63, 3.8) is 0 Å². The first-order chi connectivity index (χ1) is 8.31. The monoisotopic (exact) mass is 249 g/mol. The molecule has 0 spiro atoms.